The van der Waals surface area contributed by atoms with Crippen LogP contribution in [0.25, 0.3) is 0 Å². The number of primary amides is 1. The summed E-state index contributed by atoms with van der Waals surface area (Å²) in [4.78, 5) is 21.1. The molecule has 1 rings (SSSR count). The molecule has 1 aliphatic carbocycles. The van der Waals surface area contributed by atoms with Crippen molar-refractivity contribution in [1.29, 1.82) is 0 Å². The quantitative estimate of drug-likeness (QED) is 0.671. The molecule has 0 aromatic heterocycles. The van der Waals surface area contributed by atoms with Crippen molar-refractivity contribution in [1.82, 2.24) is 0 Å². The van der Waals surface area contributed by atoms with Gasteiger partial charge in [0.05, 0.1) is 0 Å². The fraction of sp³-hybridized carbons (Fsp3) is 0.250. The molecule has 0 radical (unpaired) electrons. The molecule has 1 amide bonds. The third-order valence-corrected chi connectivity index (χ3v) is 1.82. The van der Waals surface area contributed by atoms with E-state index in [9.17, 15) is 9.59 Å². The molecule has 1 aliphatic rings. The van der Waals surface area contributed by atoms with E-state index < -0.39 is 11.5 Å². The summed E-state index contributed by atoms with van der Waals surface area (Å²) in [6, 6.07) is 0. The Morgan fingerprint density at radius 3 is 2.85 bits per heavy atom. The molecule has 2 N–H and O–H groups in total. The second-order valence-electron chi connectivity index (χ2n) is 2.49. The maximum atomic E-state index is 10.9. The number of carbonyl (C=O) groups excluding carboxylic acids is 2. The zero-order valence-electron chi connectivity index (χ0n) is 6.70. The highest BCUT2D eigenvalue weighted by Crippen LogP contribution is 2.12. The van der Waals surface area contributed by atoms with Crippen molar-refractivity contribution < 1.29 is 14.3 Å². The standard InChI is InChI=1S/C8H8ClNO3/c9-6-3-5(1-2-7(6)11)4-13-8(10)12/h1-3,6H,4H2,(H2,10,12). The van der Waals surface area contributed by atoms with Gasteiger partial charge in [0.1, 0.15) is 12.0 Å². The summed E-state index contributed by atoms with van der Waals surface area (Å²) >= 11 is 5.63. The fourth-order valence-electron chi connectivity index (χ4n) is 0.857. The number of ketones is 1. The van der Waals surface area contributed by atoms with Gasteiger partial charge < -0.3 is 10.5 Å². The summed E-state index contributed by atoms with van der Waals surface area (Å²) < 4.78 is 4.51. The number of alkyl halides is 1. The van der Waals surface area contributed by atoms with E-state index in [4.69, 9.17) is 17.3 Å². The van der Waals surface area contributed by atoms with Gasteiger partial charge in [-0.25, -0.2) is 4.79 Å². The van der Waals surface area contributed by atoms with Crippen LogP contribution in [0.5, 0.6) is 0 Å². The lowest BCUT2D eigenvalue weighted by Crippen LogP contribution is -2.18. The molecule has 0 bridgehead atoms. The van der Waals surface area contributed by atoms with E-state index in [0.29, 0.717) is 5.57 Å². The lowest BCUT2D eigenvalue weighted by molar-refractivity contribution is -0.113. The molecule has 0 fully saturated rings. The zero-order chi connectivity index (χ0) is 9.84. The minimum absolute atomic E-state index is 0.0440. The summed E-state index contributed by atoms with van der Waals surface area (Å²) in [5.41, 5.74) is 5.42. The first-order valence-corrected chi connectivity index (χ1v) is 4.02. The van der Waals surface area contributed by atoms with Gasteiger partial charge in [0.25, 0.3) is 0 Å². The molecule has 0 aliphatic heterocycles. The van der Waals surface area contributed by atoms with Crippen LogP contribution in [0.3, 0.4) is 0 Å². The summed E-state index contributed by atoms with van der Waals surface area (Å²) in [5.74, 6) is -0.176. The maximum absolute atomic E-state index is 10.9. The molecule has 0 spiro atoms. The SMILES string of the molecule is NC(=O)OCC1=CC(Cl)C(=O)C=C1. The Hall–Kier alpha value is -1.29. The van der Waals surface area contributed by atoms with Crippen LogP contribution in [-0.4, -0.2) is 23.9 Å². The summed E-state index contributed by atoms with van der Waals surface area (Å²) in [6.45, 7) is 0.0440. The highest BCUT2D eigenvalue weighted by Gasteiger charge is 2.14. The average molecular weight is 202 g/mol. The molecule has 4 nitrogen and oxygen atoms in total. The maximum Gasteiger partial charge on any atom is 0.404 e. The molecule has 70 valence electrons. The Bertz CT molecular complexity index is 296. The van der Waals surface area contributed by atoms with E-state index in [-0.39, 0.29) is 12.4 Å². The van der Waals surface area contributed by atoms with Crippen LogP contribution in [0.1, 0.15) is 0 Å². The number of nitrogens with two attached hydrogens (primary N) is 1. The molecular weight excluding hydrogens is 194 g/mol. The van der Waals surface area contributed by atoms with Gasteiger partial charge in [0.15, 0.2) is 5.78 Å². The summed E-state index contributed by atoms with van der Waals surface area (Å²) in [6.07, 6.45) is 3.56. The van der Waals surface area contributed by atoms with Gasteiger partial charge in [0.2, 0.25) is 0 Å². The Morgan fingerprint density at radius 1 is 1.62 bits per heavy atom. The number of hydrogen-bond donors (Lipinski definition) is 1. The molecular formula is C8H8ClNO3. The molecule has 0 aromatic rings. The third-order valence-electron chi connectivity index (χ3n) is 1.47. The lowest BCUT2D eigenvalue weighted by atomic mass is 10.1. The monoisotopic (exact) mass is 201 g/mol. The van der Waals surface area contributed by atoms with Gasteiger partial charge in [-0.1, -0.05) is 12.2 Å². The fourth-order valence-corrected chi connectivity index (χ4v) is 1.09. The Kier molecular flexibility index (Phi) is 3.08. The van der Waals surface area contributed by atoms with E-state index in [0.717, 1.165) is 0 Å². The van der Waals surface area contributed by atoms with Crippen LogP contribution in [0.15, 0.2) is 23.8 Å². The molecule has 0 saturated heterocycles. The van der Waals surface area contributed by atoms with Crippen molar-refractivity contribution >= 4 is 23.5 Å². The predicted molar refractivity (Wildman–Crippen MR) is 47.4 cm³/mol. The van der Waals surface area contributed by atoms with E-state index in [1.807, 2.05) is 0 Å². The molecule has 1 atom stereocenters. The van der Waals surface area contributed by atoms with Crippen molar-refractivity contribution in [2.24, 2.45) is 5.73 Å². The van der Waals surface area contributed by atoms with Gasteiger partial charge in [-0.3, -0.25) is 4.79 Å². The van der Waals surface area contributed by atoms with Crippen molar-refractivity contribution in [3.05, 3.63) is 23.8 Å². The van der Waals surface area contributed by atoms with Crippen molar-refractivity contribution in [2.75, 3.05) is 6.61 Å². The van der Waals surface area contributed by atoms with Gasteiger partial charge in [-0.05, 0) is 11.6 Å². The summed E-state index contributed by atoms with van der Waals surface area (Å²) in [5, 5.41) is -0.670. The smallest absolute Gasteiger partial charge is 0.404 e. The second-order valence-corrected chi connectivity index (χ2v) is 2.96. The molecule has 0 heterocycles. The Morgan fingerprint density at radius 2 is 2.31 bits per heavy atom. The minimum atomic E-state index is -0.850. The van der Waals surface area contributed by atoms with Crippen LogP contribution >= 0.6 is 11.6 Å². The molecule has 5 heteroatoms. The number of ether oxygens (including phenoxy) is 1. The van der Waals surface area contributed by atoms with Crippen molar-refractivity contribution in [3.63, 3.8) is 0 Å². The van der Waals surface area contributed by atoms with Crippen molar-refractivity contribution in [2.45, 2.75) is 5.38 Å². The number of amides is 1. The van der Waals surface area contributed by atoms with Gasteiger partial charge >= 0.3 is 6.09 Å². The number of hydrogen-bond acceptors (Lipinski definition) is 3. The highest BCUT2D eigenvalue weighted by atomic mass is 35.5. The molecule has 0 saturated carbocycles. The van der Waals surface area contributed by atoms with Crippen LogP contribution < -0.4 is 5.73 Å². The highest BCUT2D eigenvalue weighted by molar-refractivity contribution is 6.34. The topological polar surface area (TPSA) is 69.4 Å². The number of allylic oxidation sites excluding steroid dienone is 2. The Balaban J connectivity index is 2.53. The van der Waals surface area contributed by atoms with Gasteiger partial charge in [-0.15, -0.1) is 11.6 Å². The third kappa shape index (κ3) is 2.91. The van der Waals surface area contributed by atoms with Crippen molar-refractivity contribution in [3.8, 4) is 0 Å². The number of carbonyl (C=O) groups is 2. The summed E-state index contributed by atoms with van der Waals surface area (Å²) in [7, 11) is 0. The molecule has 1 unspecified atom stereocenters. The zero-order valence-corrected chi connectivity index (χ0v) is 7.45. The molecule has 0 aromatic carbocycles. The average Bonchev–Trinajstić information content (AvgIpc) is 2.07. The minimum Gasteiger partial charge on any atom is -0.445 e. The second kappa shape index (κ2) is 4.09. The lowest BCUT2D eigenvalue weighted by Gasteiger charge is -2.09. The molecule has 13 heavy (non-hydrogen) atoms. The normalized spacial score (nSPS) is 21.2. The first kappa shape index (κ1) is 9.80. The van der Waals surface area contributed by atoms with Crippen LogP contribution in [0.2, 0.25) is 0 Å². The van der Waals surface area contributed by atoms with E-state index >= 15 is 0 Å². The van der Waals surface area contributed by atoms with E-state index in [1.165, 1.54) is 12.2 Å². The van der Waals surface area contributed by atoms with E-state index in [2.05, 4.69) is 4.74 Å². The largest absolute Gasteiger partial charge is 0.445 e. The van der Waals surface area contributed by atoms with E-state index in [1.54, 1.807) is 6.08 Å². The Labute approximate surface area is 80.0 Å². The van der Waals surface area contributed by atoms with Gasteiger partial charge in [-0.2, -0.15) is 0 Å². The van der Waals surface area contributed by atoms with Crippen LogP contribution in [0, 0.1) is 0 Å². The van der Waals surface area contributed by atoms with Crippen LogP contribution in [0.4, 0.5) is 4.79 Å². The first-order chi connectivity index (χ1) is 6.09. The first-order valence-electron chi connectivity index (χ1n) is 3.58. The number of rotatable bonds is 2. The predicted octanol–water partition coefficient (Wildman–Crippen LogP) is 0.754. The number of halogens is 1. The van der Waals surface area contributed by atoms with Crippen LogP contribution in [-0.2, 0) is 9.53 Å². The van der Waals surface area contributed by atoms with Gasteiger partial charge in [0, 0.05) is 0 Å².